The molecule has 0 unspecified atom stereocenters. The van der Waals surface area contributed by atoms with Crippen LogP contribution in [-0.2, 0) is 28.5 Å². The maximum atomic E-state index is 12.2. The molecule has 0 aromatic rings. The molecule has 0 N–H and O–H groups in total. The predicted octanol–water partition coefficient (Wildman–Crippen LogP) is 1.27. The second-order valence-electron chi connectivity index (χ2n) is 5.05. The molecular formula is C14H22O6. The number of carbonyl (C=O) groups excluding carboxylic acids is 2. The molecule has 20 heavy (non-hydrogen) atoms. The van der Waals surface area contributed by atoms with Crippen LogP contribution in [0.2, 0.25) is 0 Å². The van der Waals surface area contributed by atoms with E-state index in [1.807, 2.05) is 0 Å². The van der Waals surface area contributed by atoms with E-state index >= 15 is 0 Å². The van der Waals surface area contributed by atoms with Crippen LogP contribution >= 0.6 is 0 Å². The molecule has 2 rings (SSSR count). The SMILES string of the molecule is CCOC(=O)C[C@@H]1CCC2(OCCO2)[C@H]1C(=O)OCC. The van der Waals surface area contributed by atoms with Crippen molar-refractivity contribution in [3.8, 4) is 0 Å². The largest absolute Gasteiger partial charge is 0.466 e. The first-order valence-corrected chi connectivity index (χ1v) is 7.23. The first-order chi connectivity index (χ1) is 9.63. The fourth-order valence-corrected chi connectivity index (χ4v) is 3.12. The molecule has 1 aliphatic carbocycles. The van der Waals surface area contributed by atoms with Crippen LogP contribution in [0.1, 0.15) is 33.1 Å². The van der Waals surface area contributed by atoms with E-state index in [9.17, 15) is 9.59 Å². The van der Waals surface area contributed by atoms with Gasteiger partial charge in [0.2, 0.25) is 0 Å². The third kappa shape index (κ3) is 2.96. The Morgan fingerprint density at radius 2 is 1.80 bits per heavy atom. The lowest BCUT2D eigenvalue weighted by Gasteiger charge is -2.30. The highest BCUT2D eigenvalue weighted by Crippen LogP contribution is 2.47. The van der Waals surface area contributed by atoms with E-state index in [2.05, 4.69) is 0 Å². The highest BCUT2D eigenvalue weighted by atomic mass is 16.7. The molecule has 0 aromatic heterocycles. The smallest absolute Gasteiger partial charge is 0.314 e. The molecular weight excluding hydrogens is 264 g/mol. The first kappa shape index (κ1) is 15.3. The third-order valence-corrected chi connectivity index (χ3v) is 3.86. The Labute approximate surface area is 118 Å². The average Bonchev–Trinajstić information content (AvgIpc) is 2.99. The lowest BCUT2D eigenvalue weighted by molar-refractivity contribution is -0.203. The average molecular weight is 286 g/mol. The Balaban J connectivity index is 2.10. The number of esters is 2. The zero-order valence-electron chi connectivity index (χ0n) is 12.1. The predicted molar refractivity (Wildman–Crippen MR) is 68.7 cm³/mol. The molecule has 1 heterocycles. The highest BCUT2D eigenvalue weighted by molar-refractivity contribution is 5.77. The molecule has 1 spiro atoms. The zero-order chi connectivity index (χ0) is 14.6. The second-order valence-corrected chi connectivity index (χ2v) is 5.05. The van der Waals surface area contributed by atoms with Crippen LogP contribution in [0.5, 0.6) is 0 Å². The summed E-state index contributed by atoms with van der Waals surface area (Å²) in [4.78, 5) is 23.9. The molecule has 2 aliphatic rings. The quantitative estimate of drug-likeness (QED) is 0.709. The third-order valence-electron chi connectivity index (χ3n) is 3.86. The van der Waals surface area contributed by atoms with E-state index < -0.39 is 11.7 Å². The Bertz CT molecular complexity index is 361. The van der Waals surface area contributed by atoms with E-state index in [-0.39, 0.29) is 24.3 Å². The summed E-state index contributed by atoms with van der Waals surface area (Å²) in [5, 5.41) is 0. The van der Waals surface area contributed by atoms with Gasteiger partial charge in [-0.1, -0.05) is 0 Å². The molecule has 2 atom stereocenters. The fraction of sp³-hybridized carbons (Fsp3) is 0.857. The van der Waals surface area contributed by atoms with Crippen LogP contribution in [0.15, 0.2) is 0 Å². The van der Waals surface area contributed by atoms with Crippen molar-refractivity contribution in [3.63, 3.8) is 0 Å². The standard InChI is InChI=1S/C14H22O6/c1-3-17-11(15)9-10-5-6-14(19-7-8-20-14)12(10)13(16)18-4-2/h10,12H,3-9H2,1-2H3/t10-,12+/m0/s1. The van der Waals surface area contributed by atoms with Gasteiger partial charge in [0.1, 0.15) is 5.92 Å². The fourth-order valence-electron chi connectivity index (χ4n) is 3.12. The van der Waals surface area contributed by atoms with E-state index in [1.54, 1.807) is 13.8 Å². The normalized spacial score (nSPS) is 27.7. The van der Waals surface area contributed by atoms with Crippen LogP contribution in [0, 0.1) is 11.8 Å². The Kier molecular flexibility index (Phi) is 4.99. The van der Waals surface area contributed by atoms with Gasteiger partial charge in [-0.15, -0.1) is 0 Å². The van der Waals surface area contributed by atoms with Gasteiger partial charge >= 0.3 is 11.9 Å². The van der Waals surface area contributed by atoms with Gasteiger partial charge in [0, 0.05) is 12.8 Å². The van der Waals surface area contributed by atoms with Gasteiger partial charge in [0.25, 0.3) is 0 Å². The zero-order valence-corrected chi connectivity index (χ0v) is 12.1. The maximum Gasteiger partial charge on any atom is 0.314 e. The van der Waals surface area contributed by atoms with Gasteiger partial charge in [-0.25, -0.2) is 0 Å². The molecule has 1 saturated heterocycles. The summed E-state index contributed by atoms with van der Waals surface area (Å²) < 4.78 is 21.5. The van der Waals surface area contributed by atoms with Crippen LogP contribution < -0.4 is 0 Å². The number of carbonyl (C=O) groups is 2. The maximum absolute atomic E-state index is 12.2. The monoisotopic (exact) mass is 286 g/mol. The lowest BCUT2D eigenvalue weighted by Crippen LogP contribution is -2.43. The minimum Gasteiger partial charge on any atom is -0.466 e. The topological polar surface area (TPSA) is 71.1 Å². The van der Waals surface area contributed by atoms with E-state index in [0.29, 0.717) is 39.3 Å². The van der Waals surface area contributed by atoms with Crippen LogP contribution in [0.25, 0.3) is 0 Å². The molecule has 6 nitrogen and oxygen atoms in total. The van der Waals surface area contributed by atoms with Gasteiger partial charge in [0.15, 0.2) is 5.79 Å². The van der Waals surface area contributed by atoms with Crippen molar-refractivity contribution in [1.29, 1.82) is 0 Å². The number of hydrogen-bond donors (Lipinski definition) is 0. The Morgan fingerprint density at radius 3 is 2.40 bits per heavy atom. The summed E-state index contributed by atoms with van der Waals surface area (Å²) in [6.45, 7) is 5.12. The highest BCUT2D eigenvalue weighted by Gasteiger charge is 2.57. The second kappa shape index (κ2) is 6.54. The number of ether oxygens (including phenoxy) is 4. The number of hydrogen-bond acceptors (Lipinski definition) is 6. The van der Waals surface area contributed by atoms with Crippen LogP contribution in [0.4, 0.5) is 0 Å². The minimum atomic E-state index is -0.899. The van der Waals surface area contributed by atoms with Crippen molar-refractivity contribution >= 4 is 11.9 Å². The van der Waals surface area contributed by atoms with Gasteiger partial charge in [0.05, 0.1) is 26.4 Å². The van der Waals surface area contributed by atoms with Crippen molar-refractivity contribution in [2.45, 2.75) is 38.9 Å². The Morgan fingerprint density at radius 1 is 1.15 bits per heavy atom. The molecule has 0 aromatic carbocycles. The van der Waals surface area contributed by atoms with Crippen molar-refractivity contribution in [3.05, 3.63) is 0 Å². The molecule has 1 aliphatic heterocycles. The van der Waals surface area contributed by atoms with Crippen molar-refractivity contribution in [2.24, 2.45) is 11.8 Å². The summed E-state index contributed by atoms with van der Waals surface area (Å²) in [5.41, 5.74) is 0. The molecule has 1 saturated carbocycles. The molecule has 0 bridgehead atoms. The van der Waals surface area contributed by atoms with Gasteiger partial charge in [-0.3, -0.25) is 9.59 Å². The molecule has 0 radical (unpaired) electrons. The van der Waals surface area contributed by atoms with Crippen molar-refractivity contribution in [1.82, 2.24) is 0 Å². The van der Waals surface area contributed by atoms with Gasteiger partial charge < -0.3 is 18.9 Å². The summed E-state index contributed by atoms with van der Waals surface area (Å²) in [7, 11) is 0. The van der Waals surface area contributed by atoms with E-state index in [1.165, 1.54) is 0 Å². The van der Waals surface area contributed by atoms with Crippen molar-refractivity contribution in [2.75, 3.05) is 26.4 Å². The van der Waals surface area contributed by atoms with Crippen LogP contribution in [0.3, 0.4) is 0 Å². The van der Waals surface area contributed by atoms with Gasteiger partial charge in [-0.05, 0) is 26.2 Å². The molecule has 2 fully saturated rings. The lowest BCUT2D eigenvalue weighted by atomic mass is 9.90. The summed E-state index contributed by atoms with van der Waals surface area (Å²) in [5.74, 6) is -2.23. The van der Waals surface area contributed by atoms with E-state index in [4.69, 9.17) is 18.9 Å². The van der Waals surface area contributed by atoms with Crippen molar-refractivity contribution < 1.29 is 28.5 Å². The van der Waals surface area contributed by atoms with Gasteiger partial charge in [-0.2, -0.15) is 0 Å². The Hall–Kier alpha value is -1.14. The minimum absolute atomic E-state index is 0.147. The number of rotatable bonds is 5. The molecule has 114 valence electrons. The summed E-state index contributed by atoms with van der Waals surface area (Å²) in [6.07, 6.45) is 1.51. The molecule has 6 heteroatoms. The van der Waals surface area contributed by atoms with E-state index in [0.717, 1.165) is 0 Å². The first-order valence-electron chi connectivity index (χ1n) is 7.23. The summed E-state index contributed by atoms with van der Waals surface area (Å²) >= 11 is 0. The summed E-state index contributed by atoms with van der Waals surface area (Å²) in [6, 6.07) is 0. The molecule has 0 amide bonds. The van der Waals surface area contributed by atoms with Crippen LogP contribution in [-0.4, -0.2) is 44.2 Å².